The molecule has 1 aliphatic carbocycles. The lowest BCUT2D eigenvalue weighted by Crippen LogP contribution is -2.66. The molecule has 0 spiro atoms. The monoisotopic (exact) mass is 1080 g/mol. The fourth-order valence-electron chi connectivity index (χ4n) is 9.54. The standard InChI is InChI=1S/C53H72N4O20/c1-56(2)28-13-16-31-35(22-28)73-36-23-29(57(3)4)14-17-32(36)40(31)30-15-12-27(21-33(30)50(69)70)49(68)55-19-18-54-39(61)11-9-7-5-6-8-10-20-71-51-45(66)43(64)47(38(25-59)75-51)76-53-46(67)48(42(63)37(24-58)74-53)77-52-44(65)41(62)34(60)26-72-52/h12-17,21-23,34,37-38,41-48,51-53,58-60,62-67H,5-11,18-20,24-26H2,1-4H3,(H2-,54,55,61,68,69,70)/t34-,37+,38+,41-,42-,43+,44+,45+,46+,47+,48-,51+,52+,53-/m0/s1. The van der Waals surface area contributed by atoms with Crippen molar-refractivity contribution in [2.75, 3.05) is 72.6 Å². The van der Waals surface area contributed by atoms with Crippen LogP contribution in [0.2, 0.25) is 0 Å². The van der Waals surface area contributed by atoms with E-state index in [0.717, 1.165) is 36.7 Å². The maximum Gasteiger partial charge on any atom is 0.251 e. The van der Waals surface area contributed by atoms with Gasteiger partial charge in [-0.15, -0.1) is 0 Å². The Hall–Kier alpha value is -5.26. The number of carbonyl (C=O) groups is 3. The largest absolute Gasteiger partial charge is 0.545 e. The average Bonchev–Trinajstić information content (AvgIpc) is 3.51. The molecule has 0 radical (unpaired) electrons. The van der Waals surface area contributed by atoms with E-state index < -0.39 is 118 Å². The van der Waals surface area contributed by atoms with Crippen LogP contribution in [0, 0.1) is 0 Å². The molecule has 14 atom stereocenters. The molecule has 2 aromatic carbocycles. The van der Waals surface area contributed by atoms with Gasteiger partial charge in [-0.05, 0) is 48.7 Å². The number of aromatic carboxylic acids is 1. The second kappa shape index (κ2) is 27.1. The van der Waals surface area contributed by atoms with Gasteiger partial charge in [-0.2, -0.15) is 0 Å². The number of nitrogens with zero attached hydrogens (tertiary/aromatic N) is 2. The number of ether oxygens (including phenoxy) is 6. The van der Waals surface area contributed by atoms with E-state index in [1.807, 2.05) is 74.1 Å². The first kappa shape index (κ1) is 59.4. The number of unbranched alkanes of at least 4 members (excludes halogenated alkanes) is 5. The molecule has 24 heteroatoms. The molecule has 11 N–H and O–H groups in total. The van der Waals surface area contributed by atoms with E-state index in [-0.39, 0.29) is 43.2 Å². The molecule has 4 heterocycles. The molecule has 424 valence electrons. The summed E-state index contributed by atoms with van der Waals surface area (Å²) in [5.41, 5.74) is 3.05. The highest BCUT2D eigenvalue weighted by Gasteiger charge is 2.53. The predicted molar refractivity (Wildman–Crippen MR) is 271 cm³/mol. The molecular weight excluding hydrogens is 1010 g/mol. The van der Waals surface area contributed by atoms with Crippen LogP contribution in [0.3, 0.4) is 0 Å². The van der Waals surface area contributed by atoms with Crippen molar-refractivity contribution in [1.29, 1.82) is 0 Å². The van der Waals surface area contributed by atoms with Crippen LogP contribution in [0.5, 0.6) is 0 Å². The van der Waals surface area contributed by atoms with Gasteiger partial charge >= 0.3 is 0 Å². The quantitative estimate of drug-likeness (QED) is 0.0205. The fourth-order valence-corrected chi connectivity index (χ4v) is 9.54. The first-order valence-corrected chi connectivity index (χ1v) is 25.8. The lowest BCUT2D eigenvalue weighted by molar-refractivity contribution is -0.375. The SMILES string of the molecule is CN(C)c1ccc2c(-c3ccc(C(=O)NCCNC(=O)CCCCCCCCO[C@@H]4O[C@H](CO)[C@@H](O[C@@H]5O[C@H](CO)[C@H](O)[C@H](O[C@H]6OC[C@H](O)[C@H](O)[C@H]6O)[C@H]5O)[C@H](O)[C@H]4O)cc3C(=O)[O-])c3ccc(=[N+](C)C)cc-3oc2c1. The van der Waals surface area contributed by atoms with Crippen molar-refractivity contribution >= 4 is 34.4 Å². The van der Waals surface area contributed by atoms with E-state index >= 15 is 0 Å². The fraction of sp³-hybridized carbons (Fsp3) is 0.585. The lowest BCUT2D eigenvalue weighted by Gasteiger charge is -2.47. The van der Waals surface area contributed by atoms with Crippen molar-refractivity contribution in [1.82, 2.24) is 15.2 Å². The molecule has 0 aromatic heterocycles. The molecule has 5 aliphatic rings. The van der Waals surface area contributed by atoms with Gasteiger partial charge in [-0.1, -0.05) is 31.7 Å². The number of fused-ring (bicyclic) bond motifs is 2. The van der Waals surface area contributed by atoms with Crippen LogP contribution in [-0.2, 0) is 33.2 Å². The third-order valence-corrected chi connectivity index (χ3v) is 14.0. The summed E-state index contributed by atoms with van der Waals surface area (Å²) in [6, 6.07) is 15.8. The molecule has 2 aromatic rings. The summed E-state index contributed by atoms with van der Waals surface area (Å²) < 4.78 is 41.8. The van der Waals surface area contributed by atoms with Crippen LogP contribution >= 0.6 is 0 Å². The third kappa shape index (κ3) is 14.1. The van der Waals surface area contributed by atoms with Crippen LogP contribution in [0.25, 0.3) is 33.4 Å². The van der Waals surface area contributed by atoms with Crippen LogP contribution < -0.4 is 30.6 Å². The van der Waals surface area contributed by atoms with E-state index in [1.165, 1.54) is 6.07 Å². The minimum Gasteiger partial charge on any atom is -0.545 e. The first-order valence-electron chi connectivity index (χ1n) is 25.8. The molecule has 24 nitrogen and oxygen atoms in total. The zero-order valence-electron chi connectivity index (χ0n) is 43.4. The topological polar surface area (TPSA) is 355 Å². The van der Waals surface area contributed by atoms with Crippen molar-refractivity contribution in [2.24, 2.45) is 0 Å². The summed E-state index contributed by atoms with van der Waals surface area (Å²) in [6.45, 7) is -1.59. The van der Waals surface area contributed by atoms with Crippen LogP contribution in [-0.4, -0.2) is 217 Å². The highest BCUT2D eigenvalue weighted by atomic mass is 16.8. The predicted octanol–water partition coefficient (Wildman–Crippen LogP) is -2.65. The Morgan fingerprint density at radius 3 is 2.06 bits per heavy atom. The van der Waals surface area contributed by atoms with Gasteiger partial charge in [0.15, 0.2) is 18.9 Å². The molecule has 0 bridgehead atoms. The van der Waals surface area contributed by atoms with Gasteiger partial charge < -0.3 is 104 Å². The summed E-state index contributed by atoms with van der Waals surface area (Å²) in [5, 5.41) is 114. The minimum absolute atomic E-state index is 0.0998. The molecular formula is C53H72N4O20. The summed E-state index contributed by atoms with van der Waals surface area (Å²) >= 11 is 0. The van der Waals surface area contributed by atoms with Crippen molar-refractivity contribution in [2.45, 2.75) is 131 Å². The van der Waals surface area contributed by atoms with E-state index in [1.54, 1.807) is 12.1 Å². The molecule has 4 aliphatic heterocycles. The zero-order valence-corrected chi connectivity index (χ0v) is 43.4. The zero-order chi connectivity index (χ0) is 55.7. The Labute approximate surface area is 443 Å². The van der Waals surface area contributed by atoms with Crippen LogP contribution in [0.4, 0.5) is 5.69 Å². The molecule has 7 rings (SSSR count). The molecule has 0 unspecified atom stereocenters. The highest BCUT2D eigenvalue weighted by molar-refractivity contribution is 6.09. The number of benzene rings is 3. The second-order valence-corrected chi connectivity index (χ2v) is 19.9. The number of amides is 2. The number of rotatable bonds is 23. The number of hydrogen-bond donors (Lipinski definition) is 11. The van der Waals surface area contributed by atoms with Gasteiger partial charge in [0.05, 0.1) is 31.9 Å². The Bertz CT molecular complexity index is 2660. The van der Waals surface area contributed by atoms with E-state index in [0.29, 0.717) is 46.3 Å². The van der Waals surface area contributed by atoms with Gasteiger partial charge in [0, 0.05) is 85.7 Å². The molecule has 3 saturated heterocycles. The number of hydrogen-bond acceptors (Lipinski definition) is 21. The molecule has 77 heavy (non-hydrogen) atoms. The summed E-state index contributed by atoms with van der Waals surface area (Å²) in [6.07, 6.45) is -18.0. The Morgan fingerprint density at radius 1 is 0.701 bits per heavy atom. The average molecular weight is 1090 g/mol. The van der Waals surface area contributed by atoms with Crippen molar-refractivity contribution in [3.63, 3.8) is 0 Å². The normalized spacial score (nSPS) is 28.6. The van der Waals surface area contributed by atoms with Crippen molar-refractivity contribution in [3.05, 3.63) is 71.1 Å². The van der Waals surface area contributed by atoms with Crippen molar-refractivity contribution in [3.8, 4) is 22.5 Å². The van der Waals surface area contributed by atoms with Gasteiger partial charge in [0.1, 0.15) is 92.6 Å². The number of aliphatic hydroxyl groups is 9. The van der Waals surface area contributed by atoms with E-state index in [4.69, 9.17) is 32.8 Å². The number of carbonyl (C=O) groups excluding carboxylic acids is 3. The Morgan fingerprint density at radius 2 is 1.36 bits per heavy atom. The maximum absolute atomic E-state index is 13.2. The second-order valence-electron chi connectivity index (χ2n) is 19.9. The number of aliphatic hydroxyl groups excluding tert-OH is 9. The third-order valence-electron chi connectivity index (χ3n) is 14.0. The molecule has 0 saturated carbocycles. The van der Waals surface area contributed by atoms with Crippen LogP contribution in [0.15, 0.2) is 59.0 Å². The Kier molecular flexibility index (Phi) is 20.9. The van der Waals surface area contributed by atoms with Crippen molar-refractivity contribution < 1.29 is 98.3 Å². The number of anilines is 1. The lowest BCUT2D eigenvalue weighted by atomic mass is 9.89. The highest BCUT2D eigenvalue weighted by Crippen LogP contribution is 2.42. The van der Waals surface area contributed by atoms with Gasteiger partial charge in [-0.3, -0.25) is 9.59 Å². The summed E-state index contributed by atoms with van der Waals surface area (Å²) in [7, 11) is 7.64. The number of carboxylic acids is 1. The summed E-state index contributed by atoms with van der Waals surface area (Å²) in [4.78, 5) is 40.4. The van der Waals surface area contributed by atoms with E-state index in [9.17, 15) is 65.4 Å². The summed E-state index contributed by atoms with van der Waals surface area (Å²) in [5.74, 6) is -1.61. The first-order chi connectivity index (χ1) is 36.8. The smallest absolute Gasteiger partial charge is 0.251 e. The number of carboxylic acid groups (broad SMARTS) is 1. The Balaban J connectivity index is 0.802. The molecule has 3 fully saturated rings. The van der Waals surface area contributed by atoms with Gasteiger partial charge in [0.25, 0.3) is 5.91 Å². The number of nitrogens with one attached hydrogen (secondary N) is 2. The minimum atomic E-state index is -1.87. The van der Waals surface area contributed by atoms with Gasteiger partial charge in [-0.25, -0.2) is 4.58 Å². The van der Waals surface area contributed by atoms with Gasteiger partial charge in [0.2, 0.25) is 11.3 Å². The maximum atomic E-state index is 13.2. The van der Waals surface area contributed by atoms with Crippen LogP contribution in [0.1, 0.15) is 65.7 Å². The molecule has 2 amide bonds. The van der Waals surface area contributed by atoms with E-state index in [2.05, 4.69) is 10.6 Å².